The largest absolute Gasteiger partial charge is 0.344 e. The molecule has 3 aromatic rings. The molecule has 1 unspecified atom stereocenters. The maximum absolute atomic E-state index is 12.7. The molecule has 3 rings (SSSR count). The number of carbonyl (C=O) groups excluding carboxylic acids is 1. The van der Waals surface area contributed by atoms with Crippen LogP contribution in [0.4, 0.5) is 5.69 Å². The van der Waals surface area contributed by atoms with Gasteiger partial charge in [-0.1, -0.05) is 12.1 Å². The van der Waals surface area contributed by atoms with Gasteiger partial charge in [-0.3, -0.25) is 24.3 Å². The molecule has 152 valence electrons. The fraction of sp³-hybridized carbons (Fsp3) is 0.350. The Labute approximate surface area is 168 Å². The minimum Gasteiger partial charge on any atom is -0.344 e. The Kier molecular flexibility index (Phi) is 5.76. The second-order valence-corrected chi connectivity index (χ2v) is 6.93. The van der Waals surface area contributed by atoms with Crippen LogP contribution in [0.25, 0.3) is 0 Å². The van der Waals surface area contributed by atoms with Crippen LogP contribution in [-0.2, 0) is 13.1 Å². The summed E-state index contributed by atoms with van der Waals surface area (Å²) < 4.78 is 3.40. The molecular weight excluding hydrogens is 372 g/mol. The first kappa shape index (κ1) is 20.2. The van der Waals surface area contributed by atoms with E-state index >= 15 is 0 Å². The summed E-state index contributed by atoms with van der Waals surface area (Å²) in [4.78, 5) is 23.4. The maximum atomic E-state index is 12.7. The van der Waals surface area contributed by atoms with Gasteiger partial charge in [-0.15, -0.1) is 0 Å². The summed E-state index contributed by atoms with van der Waals surface area (Å²) >= 11 is 0. The van der Waals surface area contributed by atoms with Gasteiger partial charge < -0.3 is 5.32 Å². The molecule has 0 aliphatic rings. The van der Waals surface area contributed by atoms with Gasteiger partial charge in [0.2, 0.25) is 0 Å². The topological polar surface area (TPSA) is 108 Å². The molecule has 1 atom stereocenters. The standard InChI is InChI=1S/C20H24N6O3/c1-5-24-10-9-18(23-24)13(2)21-20(27)17-8-6-7-16(11-17)12-25-15(4)19(26(28)29)14(3)22-25/h6-11,13H,5,12H2,1-4H3,(H,21,27). The van der Waals surface area contributed by atoms with Crippen molar-refractivity contribution in [1.29, 1.82) is 0 Å². The van der Waals surface area contributed by atoms with Crippen LogP contribution in [0.3, 0.4) is 0 Å². The minimum absolute atomic E-state index is 0.0271. The molecule has 2 aromatic heterocycles. The predicted octanol–water partition coefficient (Wildman–Crippen LogP) is 3.16. The number of aryl methyl sites for hydroxylation is 2. The summed E-state index contributed by atoms with van der Waals surface area (Å²) in [5.74, 6) is -0.204. The fourth-order valence-electron chi connectivity index (χ4n) is 3.23. The number of aromatic nitrogens is 4. The van der Waals surface area contributed by atoms with Crippen LogP contribution in [-0.4, -0.2) is 30.4 Å². The highest BCUT2D eigenvalue weighted by molar-refractivity contribution is 5.94. The molecule has 1 N–H and O–H groups in total. The highest BCUT2D eigenvalue weighted by Gasteiger charge is 2.22. The lowest BCUT2D eigenvalue weighted by molar-refractivity contribution is -0.386. The molecule has 29 heavy (non-hydrogen) atoms. The SMILES string of the molecule is CCn1ccc(C(C)NC(=O)c2cccc(Cn3nc(C)c([N+](=O)[O-])c3C)c2)n1. The number of nitro groups is 1. The van der Waals surface area contributed by atoms with Crippen LogP contribution in [0, 0.1) is 24.0 Å². The second-order valence-electron chi connectivity index (χ2n) is 6.93. The Morgan fingerprint density at radius 3 is 2.66 bits per heavy atom. The Hall–Kier alpha value is -3.49. The predicted molar refractivity (Wildman–Crippen MR) is 108 cm³/mol. The van der Waals surface area contributed by atoms with Crippen molar-refractivity contribution in [2.24, 2.45) is 0 Å². The van der Waals surface area contributed by atoms with Crippen LogP contribution >= 0.6 is 0 Å². The summed E-state index contributed by atoms with van der Waals surface area (Å²) in [6.07, 6.45) is 1.88. The van der Waals surface area contributed by atoms with Gasteiger partial charge in [0.15, 0.2) is 0 Å². The number of hydrogen-bond acceptors (Lipinski definition) is 5. The number of hydrogen-bond donors (Lipinski definition) is 1. The molecule has 0 radical (unpaired) electrons. The van der Waals surface area contributed by atoms with E-state index in [0.717, 1.165) is 17.8 Å². The van der Waals surface area contributed by atoms with Gasteiger partial charge in [-0.2, -0.15) is 10.2 Å². The molecule has 1 amide bonds. The highest BCUT2D eigenvalue weighted by atomic mass is 16.6. The first-order valence-electron chi connectivity index (χ1n) is 9.41. The maximum Gasteiger partial charge on any atom is 0.312 e. The van der Waals surface area contributed by atoms with Crippen molar-refractivity contribution in [2.45, 2.75) is 46.8 Å². The van der Waals surface area contributed by atoms with Gasteiger partial charge in [0.05, 0.1) is 23.2 Å². The van der Waals surface area contributed by atoms with Crippen LogP contribution in [0.1, 0.15) is 52.9 Å². The molecule has 0 spiro atoms. The molecule has 0 aliphatic carbocycles. The number of amides is 1. The third kappa shape index (κ3) is 4.34. The van der Waals surface area contributed by atoms with Gasteiger partial charge >= 0.3 is 5.69 Å². The van der Waals surface area contributed by atoms with Gasteiger partial charge in [-0.05, 0) is 51.5 Å². The first-order chi connectivity index (χ1) is 13.8. The number of carbonyl (C=O) groups is 1. The van der Waals surface area contributed by atoms with Crippen LogP contribution in [0.15, 0.2) is 36.5 Å². The third-order valence-electron chi connectivity index (χ3n) is 4.82. The van der Waals surface area contributed by atoms with Crippen molar-refractivity contribution in [1.82, 2.24) is 24.9 Å². The van der Waals surface area contributed by atoms with Crippen molar-refractivity contribution in [3.8, 4) is 0 Å². The molecule has 0 fully saturated rings. The zero-order valence-corrected chi connectivity index (χ0v) is 16.9. The van der Waals surface area contributed by atoms with E-state index in [1.54, 1.807) is 36.7 Å². The van der Waals surface area contributed by atoms with Gasteiger partial charge in [0, 0.05) is 18.3 Å². The molecule has 0 saturated heterocycles. The summed E-state index contributed by atoms with van der Waals surface area (Å²) in [6.45, 7) is 8.30. The monoisotopic (exact) mass is 396 g/mol. The van der Waals surface area contributed by atoms with E-state index < -0.39 is 4.92 Å². The van der Waals surface area contributed by atoms with E-state index in [-0.39, 0.29) is 17.6 Å². The van der Waals surface area contributed by atoms with E-state index in [0.29, 0.717) is 23.5 Å². The number of nitrogens with zero attached hydrogens (tertiary/aromatic N) is 5. The zero-order chi connectivity index (χ0) is 21.1. The number of nitrogens with one attached hydrogen (secondary N) is 1. The van der Waals surface area contributed by atoms with E-state index in [1.807, 2.05) is 36.9 Å². The summed E-state index contributed by atoms with van der Waals surface area (Å²) in [5.41, 5.74) is 3.04. The molecule has 1 aromatic carbocycles. The van der Waals surface area contributed by atoms with Crippen molar-refractivity contribution >= 4 is 11.6 Å². The fourth-order valence-corrected chi connectivity index (χ4v) is 3.23. The van der Waals surface area contributed by atoms with Crippen molar-refractivity contribution < 1.29 is 9.72 Å². The average Bonchev–Trinajstić information content (AvgIpc) is 3.26. The Morgan fingerprint density at radius 1 is 1.28 bits per heavy atom. The third-order valence-corrected chi connectivity index (χ3v) is 4.82. The number of benzene rings is 1. The van der Waals surface area contributed by atoms with Crippen molar-refractivity contribution in [2.75, 3.05) is 0 Å². The normalized spacial score (nSPS) is 12.0. The molecular formula is C20H24N6O3. The Balaban J connectivity index is 1.74. The molecule has 9 nitrogen and oxygen atoms in total. The van der Waals surface area contributed by atoms with Crippen LogP contribution in [0.5, 0.6) is 0 Å². The van der Waals surface area contributed by atoms with Crippen molar-refractivity contribution in [3.63, 3.8) is 0 Å². The van der Waals surface area contributed by atoms with Gasteiger partial charge in [-0.25, -0.2) is 0 Å². The summed E-state index contributed by atoms with van der Waals surface area (Å²) in [5, 5.41) is 22.8. The lowest BCUT2D eigenvalue weighted by atomic mass is 10.1. The second kappa shape index (κ2) is 8.26. The minimum atomic E-state index is -0.417. The summed E-state index contributed by atoms with van der Waals surface area (Å²) in [7, 11) is 0. The van der Waals surface area contributed by atoms with E-state index in [2.05, 4.69) is 15.5 Å². The quantitative estimate of drug-likeness (QED) is 0.487. The van der Waals surface area contributed by atoms with E-state index in [1.165, 1.54) is 0 Å². The molecule has 9 heteroatoms. The number of rotatable bonds is 7. The molecule has 0 saturated carbocycles. The molecule has 2 heterocycles. The average molecular weight is 396 g/mol. The first-order valence-corrected chi connectivity index (χ1v) is 9.41. The smallest absolute Gasteiger partial charge is 0.312 e. The van der Waals surface area contributed by atoms with E-state index in [9.17, 15) is 14.9 Å². The van der Waals surface area contributed by atoms with Crippen LogP contribution in [0.2, 0.25) is 0 Å². The zero-order valence-electron chi connectivity index (χ0n) is 16.9. The van der Waals surface area contributed by atoms with Gasteiger partial charge in [0.25, 0.3) is 5.91 Å². The van der Waals surface area contributed by atoms with Gasteiger partial charge in [0.1, 0.15) is 11.4 Å². The Morgan fingerprint density at radius 2 is 2.03 bits per heavy atom. The highest BCUT2D eigenvalue weighted by Crippen LogP contribution is 2.22. The molecule has 0 aliphatic heterocycles. The molecule has 0 bridgehead atoms. The summed E-state index contributed by atoms with van der Waals surface area (Å²) in [6, 6.07) is 8.83. The van der Waals surface area contributed by atoms with Crippen LogP contribution < -0.4 is 5.32 Å². The van der Waals surface area contributed by atoms with Crippen molar-refractivity contribution in [3.05, 3.63) is 74.9 Å². The Bertz CT molecular complexity index is 1050. The lowest BCUT2D eigenvalue weighted by Crippen LogP contribution is -2.27. The lowest BCUT2D eigenvalue weighted by Gasteiger charge is -2.12. The van der Waals surface area contributed by atoms with E-state index in [4.69, 9.17) is 0 Å².